The number of hydrogen-bond acceptors (Lipinski definition) is 3. The summed E-state index contributed by atoms with van der Waals surface area (Å²) in [5.41, 5.74) is 6.79. The Labute approximate surface area is 140 Å². The monoisotopic (exact) mass is 388 g/mol. The van der Waals surface area contributed by atoms with Crippen molar-refractivity contribution in [3.05, 3.63) is 50.4 Å². The number of benzene rings is 2. The third kappa shape index (κ3) is 3.61. The van der Waals surface area contributed by atoms with Crippen LogP contribution in [-0.4, -0.2) is 13.0 Å². The number of carbonyl (C=O) groups excluding carboxylic acids is 1. The van der Waals surface area contributed by atoms with E-state index in [4.69, 9.17) is 33.7 Å². The molecule has 7 heteroatoms. The van der Waals surface area contributed by atoms with Gasteiger partial charge in [-0.25, -0.2) is 0 Å². The molecule has 0 spiro atoms. The normalized spacial score (nSPS) is 10.3. The minimum absolute atomic E-state index is 0.225. The standard InChI is InChI=1S/C14H11BrCl2N2O2/c1-21-12-3-2-8(15)6-11(12)19-14(20)7-4-9(16)13(17)10(18)5-7/h2-6H,18H2,1H3,(H,19,20). The molecule has 3 N–H and O–H groups in total. The van der Waals surface area contributed by atoms with Gasteiger partial charge in [0, 0.05) is 10.0 Å². The molecule has 0 aliphatic rings. The fraction of sp³-hybridized carbons (Fsp3) is 0.0714. The van der Waals surface area contributed by atoms with Gasteiger partial charge in [-0.1, -0.05) is 39.1 Å². The van der Waals surface area contributed by atoms with Gasteiger partial charge in [-0.3, -0.25) is 4.79 Å². The van der Waals surface area contributed by atoms with Crippen molar-refractivity contribution < 1.29 is 9.53 Å². The van der Waals surface area contributed by atoms with Gasteiger partial charge >= 0.3 is 0 Å². The molecule has 0 atom stereocenters. The highest BCUT2D eigenvalue weighted by atomic mass is 79.9. The van der Waals surface area contributed by atoms with Crippen LogP contribution in [0.1, 0.15) is 10.4 Å². The van der Waals surface area contributed by atoms with E-state index in [1.807, 2.05) is 6.07 Å². The van der Waals surface area contributed by atoms with Gasteiger partial charge in [0.25, 0.3) is 5.91 Å². The first-order chi connectivity index (χ1) is 9.92. The number of nitrogen functional groups attached to an aromatic ring is 1. The van der Waals surface area contributed by atoms with E-state index in [2.05, 4.69) is 21.2 Å². The fourth-order valence-electron chi connectivity index (χ4n) is 1.71. The zero-order chi connectivity index (χ0) is 15.6. The lowest BCUT2D eigenvalue weighted by Gasteiger charge is -2.11. The summed E-state index contributed by atoms with van der Waals surface area (Å²) < 4.78 is 6.01. The Morgan fingerprint density at radius 1 is 1.29 bits per heavy atom. The van der Waals surface area contributed by atoms with E-state index in [0.717, 1.165) is 4.47 Å². The van der Waals surface area contributed by atoms with Crippen LogP contribution in [0.3, 0.4) is 0 Å². The van der Waals surface area contributed by atoms with E-state index in [0.29, 0.717) is 17.0 Å². The van der Waals surface area contributed by atoms with E-state index >= 15 is 0 Å². The topological polar surface area (TPSA) is 64.3 Å². The van der Waals surface area contributed by atoms with E-state index < -0.39 is 0 Å². The highest BCUT2D eigenvalue weighted by Gasteiger charge is 2.13. The Hall–Kier alpha value is -1.43. The fourth-order valence-corrected chi connectivity index (χ4v) is 2.41. The summed E-state index contributed by atoms with van der Waals surface area (Å²) in [7, 11) is 1.52. The Morgan fingerprint density at radius 3 is 2.62 bits per heavy atom. The molecule has 0 aromatic heterocycles. The van der Waals surface area contributed by atoms with Crippen molar-refractivity contribution in [1.82, 2.24) is 0 Å². The van der Waals surface area contributed by atoms with Crippen molar-refractivity contribution >= 4 is 56.4 Å². The average molecular weight is 390 g/mol. The molecule has 0 saturated carbocycles. The smallest absolute Gasteiger partial charge is 0.255 e. The molecular weight excluding hydrogens is 379 g/mol. The summed E-state index contributed by atoms with van der Waals surface area (Å²) in [6.07, 6.45) is 0. The van der Waals surface area contributed by atoms with Crippen molar-refractivity contribution in [3.63, 3.8) is 0 Å². The number of amides is 1. The van der Waals surface area contributed by atoms with Crippen molar-refractivity contribution in [3.8, 4) is 5.75 Å². The first kappa shape index (κ1) is 15.9. The zero-order valence-electron chi connectivity index (χ0n) is 10.9. The van der Waals surface area contributed by atoms with Crippen LogP contribution in [0.4, 0.5) is 11.4 Å². The molecule has 0 unspecified atom stereocenters. The first-order valence-corrected chi connectivity index (χ1v) is 7.36. The van der Waals surface area contributed by atoms with Crippen LogP contribution in [0.2, 0.25) is 10.0 Å². The number of carbonyl (C=O) groups is 1. The Kier molecular flexibility index (Phi) is 4.98. The Morgan fingerprint density at radius 2 is 2.00 bits per heavy atom. The summed E-state index contributed by atoms with van der Waals surface area (Å²) in [6.45, 7) is 0. The van der Waals surface area contributed by atoms with Gasteiger partial charge in [-0.05, 0) is 30.3 Å². The summed E-state index contributed by atoms with van der Waals surface area (Å²) in [5, 5.41) is 3.20. The van der Waals surface area contributed by atoms with Crippen LogP contribution in [0.25, 0.3) is 0 Å². The van der Waals surface area contributed by atoms with Gasteiger partial charge in [-0.2, -0.15) is 0 Å². The van der Waals surface area contributed by atoms with Crippen LogP contribution in [0.15, 0.2) is 34.8 Å². The first-order valence-electron chi connectivity index (χ1n) is 5.81. The van der Waals surface area contributed by atoms with E-state index in [1.165, 1.54) is 19.2 Å². The van der Waals surface area contributed by atoms with Gasteiger partial charge in [0.05, 0.1) is 28.5 Å². The molecule has 0 radical (unpaired) electrons. The second kappa shape index (κ2) is 6.56. The predicted molar refractivity (Wildman–Crippen MR) is 89.5 cm³/mol. The zero-order valence-corrected chi connectivity index (χ0v) is 14.0. The number of ether oxygens (including phenoxy) is 1. The largest absolute Gasteiger partial charge is 0.495 e. The lowest BCUT2D eigenvalue weighted by atomic mass is 10.2. The van der Waals surface area contributed by atoms with Crippen LogP contribution in [0.5, 0.6) is 5.75 Å². The number of anilines is 2. The lowest BCUT2D eigenvalue weighted by Crippen LogP contribution is -2.13. The summed E-state index contributed by atoms with van der Waals surface area (Å²) in [6, 6.07) is 8.21. The molecule has 0 aliphatic heterocycles. The number of methoxy groups -OCH3 is 1. The molecule has 0 fully saturated rings. The predicted octanol–water partition coefficient (Wildman–Crippen LogP) is 4.60. The van der Waals surface area contributed by atoms with Crippen molar-refractivity contribution in [2.45, 2.75) is 0 Å². The number of hydrogen-bond donors (Lipinski definition) is 2. The number of nitrogens with two attached hydrogens (primary N) is 1. The maximum absolute atomic E-state index is 12.3. The molecule has 2 aromatic rings. The number of nitrogens with one attached hydrogen (secondary N) is 1. The molecule has 4 nitrogen and oxygen atoms in total. The van der Waals surface area contributed by atoms with Crippen LogP contribution >= 0.6 is 39.1 Å². The molecule has 21 heavy (non-hydrogen) atoms. The average Bonchev–Trinajstić information content (AvgIpc) is 2.44. The van der Waals surface area contributed by atoms with E-state index in [-0.39, 0.29) is 21.6 Å². The highest BCUT2D eigenvalue weighted by Crippen LogP contribution is 2.31. The molecule has 2 aromatic carbocycles. The SMILES string of the molecule is COc1ccc(Br)cc1NC(=O)c1cc(N)c(Cl)c(Cl)c1. The number of rotatable bonds is 3. The summed E-state index contributed by atoms with van der Waals surface area (Å²) in [4.78, 5) is 12.3. The van der Waals surface area contributed by atoms with Crippen molar-refractivity contribution in [2.75, 3.05) is 18.2 Å². The molecule has 110 valence electrons. The lowest BCUT2D eigenvalue weighted by molar-refractivity contribution is 0.102. The minimum Gasteiger partial charge on any atom is -0.495 e. The Balaban J connectivity index is 2.32. The van der Waals surface area contributed by atoms with Crippen molar-refractivity contribution in [2.24, 2.45) is 0 Å². The van der Waals surface area contributed by atoms with E-state index in [1.54, 1.807) is 12.1 Å². The molecule has 0 heterocycles. The van der Waals surface area contributed by atoms with E-state index in [9.17, 15) is 4.79 Å². The van der Waals surface area contributed by atoms with Gasteiger partial charge in [0.15, 0.2) is 0 Å². The van der Waals surface area contributed by atoms with Crippen LogP contribution < -0.4 is 15.8 Å². The quantitative estimate of drug-likeness (QED) is 0.754. The third-order valence-electron chi connectivity index (χ3n) is 2.73. The molecular formula is C14H11BrCl2N2O2. The second-order valence-electron chi connectivity index (χ2n) is 4.16. The minimum atomic E-state index is -0.364. The van der Waals surface area contributed by atoms with Crippen LogP contribution in [-0.2, 0) is 0 Å². The van der Waals surface area contributed by atoms with Crippen molar-refractivity contribution in [1.29, 1.82) is 0 Å². The number of halogens is 3. The molecule has 0 saturated heterocycles. The molecule has 0 bridgehead atoms. The van der Waals surface area contributed by atoms with Gasteiger partial charge in [0.1, 0.15) is 5.75 Å². The van der Waals surface area contributed by atoms with Gasteiger partial charge in [-0.15, -0.1) is 0 Å². The summed E-state index contributed by atoms with van der Waals surface area (Å²) in [5.74, 6) is 0.177. The molecule has 1 amide bonds. The Bertz CT molecular complexity index is 684. The second-order valence-corrected chi connectivity index (χ2v) is 5.86. The highest BCUT2D eigenvalue weighted by molar-refractivity contribution is 9.10. The third-order valence-corrected chi connectivity index (χ3v) is 4.04. The van der Waals surface area contributed by atoms with Crippen LogP contribution in [0, 0.1) is 0 Å². The van der Waals surface area contributed by atoms with Gasteiger partial charge in [0.2, 0.25) is 0 Å². The van der Waals surface area contributed by atoms with Gasteiger partial charge < -0.3 is 15.8 Å². The maximum Gasteiger partial charge on any atom is 0.255 e. The maximum atomic E-state index is 12.3. The molecule has 0 aliphatic carbocycles. The summed E-state index contributed by atoms with van der Waals surface area (Å²) >= 11 is 15.1. The molecule has 2 rings (SSSR count).